The van der Waals surface area contributed by atoms with E-state index >= 15 is 0 Å². The second-order valence-electron chi connectivity index (χ2n) is 5.21. The number of nitrogens with one attached hydrogen (secondary N) is 1. The minimum Gasteiger partial charge on any atom is -0.396 e. The first-order chi connectivity index (χ1) is 7.69. The van der Waals surface area contributed by atoms with Crippen LogP contribution in [0.4, 0.5) is 0 Å². The monoisotopic (exact) mass is 229 g/mol. The Morgan fingerprint density at radius 3 is 2.75 bits per heavy atom. The summed E-state index contributed by atoms with van der Waals surface area (Å²) < 4.78 is 5.19. The summed E-state index contributed by atoms with van der Waals surface area (Å²) in [7, 11) is 1.72. The third-order valence-electron chi connectivity index (χ3n) is 4.00. The van der Waals surface area contributed by atoms with E-state index in [4.69, 9.17) is 9.84 Å². The first kappa shape index (κ1) is 13.9. The van der Waals surface area contributed by atoms with E-state index in [9.17, 15) is 0 Å². The molecule has 0 aromatic carbocycles. The Morgan fingerprint density at radius 1 is 1.38 bits per heavy atom. The van der Waals surface area contributed by atoms with E-state index in [0.717, 1.165) is 18.3 Å². The first-order valence-corrected chi connectivity index (χ1v) is 6.54. The van der Waals surface area contributed by atoms with E-state index in [-0.39, 0.29) is 6.61 Å². The standard InChI is InChI=1S/C13H27NO2/c1-10-5-4-6-13(11(10)2)14-12(7-8-15)9-16-3/h10-15H,4-9H2,1-3H3. The number of hydrogen-bond acceptors (Lipinski definition) is 3. The lowest BCUT2D eigenvalue weighted by atomic mass is 9.78. The van der Waals surface area contributed by atoms with E-state index in [1.165, 1.54) is 19.3 Å². The molecule has 0 aliphatic heterocycles. The molecule has 1 fully saturated rings. The third-order valence-corrected chi connectivity index (χ3v) is 4.00. The zero-order valence-corrected chi connectivity index (χ0v) is 10.9. The number of ether oxygens (including phenoxy) is 1. The largest absolute Gasteiger partial charge is 0.396 e. The van der Waals surface area contributed by atoms with Crippen molar-refractivity contribution in [2.45, 2.75) is 51.6 Å². The molecule has 0 saturated heterocycles. The molecule has 1 saturated carbocycles. The molecular formula is C13H27NO2. The number of hydrogen-bond donors (Lipinski definition) is 2. The first-order valence-electron chi connectivity index (χ1n) is 6.54. The van der Waals surface area contributed by atoms with Crippen LogP contribution in [0.5, 0.6) is 0 Å². The highest BCUT2D eigenvalue weighted by molar-refractivity contribution is 4.84. The van der Waals surface area contributed by atoms with E-state index in [2.05, 4.69) is 19.2 Å². The number of aliphatic hydroxyl groups excluding tert-OH is 1. The molecule has 0 aromatic rings. The molecule has 96 valence electrons. The van der Waals surface area contributed by atoms with Gasteiger partial charge in [-0.15, -0.1) is 0 Å². The fraction of sp³-hybridized carbons (Fsp3) is 1.00. The Balaban J connectivity index is 2.42. The van der Waals surface area contributed by atoms with Gasteiger partial charge in [0.2, 0.25) is 0 Å². The molecule has 1 aliphatic carbocycles. The van der Waals surface area contributed by atoms with Crippen LogP contribution in [0.2, 0.25) is 0 Å². The molecule has 0 spiro atoms. The Kier molecular flexibility index (Phi) is 6.32. The fourth-order valence-electron chi connectivity index (χ4n) is 2.69. The Labute approximate surface area is 99.6 Å². The van der Waals surface area contributed by atoms with E-state index in [1.54, 1.807) is 7.11 Å². The maximum Gasteiger partial charge on any atom is 0.0616 e. The van der Waals surface area contributed by atoms with Crippen LogP contribution >= 0.6 is 0 Å². The molecule has 3 nitrogen and oxygen atoms in total. The lowest BCUT2D eigenvalue weighted by molar-refractivity contribution is 0.119. The molecule has 1 rings (SSSR count). The predicted octanol–water partition coefficient (Wildman–Crippen LogP) is 1.80. The molecule has 0 heterocycles. The van der Waals surface area contributed by atoms with E-state index in [0.29, 0.717) is 18.7 Å². The van der Waals surface area contributed by atoms with Crippen molar-refractivity contribution >= 4 is 0 Å². The molecule has 0 aromatic heterocycles. The van der Waals surface area contributed by atoms with Crippen LogP contribution in [0.1, 0.15) is 39.5 Å². The Morgan fingerprint density at radius 2 is 2.12 bits per heavy atom. The second kappa shape index (κ2) is 7.25. The maximum absolute atomic E-state index is 9.02. The molecule has 1 aliphatic rings. The Hall–Kier alpha value is -0.120. The minimum absolute atomic E-state index is 0.234. The zero-order chi connectivity index (χ0) is 12.0. The molecular weight excluding hydrogens is 202 g/mol. The summed E-state index contributed by atoms with van der Waals surface area (Å²) in [6.07, 6.45) is 4.72. The number of methoxy groups -OCH3 is 1. The van der Waals surface area contributed by atoms with Crippen molar-refractivity contribution in [3.63, 3.8) is 0 Å². The summed E-state index contributed by atoms with van der Waals surface area (Å²) in [5.41, 5.74) is 0. The molecule has 4 unspecified atom stereocenters. The van der Waals surface area contributed by atoms with Gasteiger partial charge in [-0.3, -0.25) is 0 Å². The van der Waals surface area contributed by atoms with Crippen LogP contribution in [0.3, 0.4) is 0 Å². The minimum atomic E-state index is 0.234. The third kappa shape index (κ3) is 4.04. The lowest BCUT2D eigenvalue weighted by Crippen LogP contribution is -2.47. The van der Waals surface area contributed by atoms with Crippen molar-refractivity contribution in [1.29, 1.82) is 0 Å². The van der Waals surface area contributed by atoms with Gasteiger partial charge in [0.1, 0.15) is 0 Å². The summed E-state index contributed by atoms with van der Waals surface area (Å²) in [6, 6.07) is 0.892. The predicted molar refractivity (Wildman–Crippen MR) is 66.5 cm³/mol. The summed E-state index contributed by atoms with van der Waals surface area (Å²) >= 11 is 0. The molecule has 3 heteroatoms. The van der Waals surface area contributed by atoms with Gasteiger partial charge in [-0.05, 0) is 24.7 Å². The smallest absolute Gasteiger partial charge is 0.0616 e. The second-order valence-corrected chi connectivity index (χ2v) is 5.21. The van der Waals surface area contributed by atoms with Gasteiger partial charge in [0, 0.05) is 25.8 Å². The van der Waals surface area contributed by atoms with Gasteiger partial charge in [0.05, 0.1) is 6.61 Å². The van der Waals surface area contributed by atoms with Crippen molar-refractivity contribution in [2.75, 3.05) is 20.3 Å². The average Bonchev–Trinajstić information content (AvgIpc) is 2.25. The fourth-order valence-corrected chi connectivity index (χ4v) is 2.69. The maximum atomic E-state index is 9.02. The van der Waals surface area contributed by atoms with Crippen molar-refractivity contribution in [3.05, 3.63) is 0 Å². The highest BCUT2D eigenvalue weighted by Crippen LogP contribution is 2.29. The molecule has 4 atom stereocenters. The van der Waals surface area contributed by atoms with Crippen molar-refractivity contribution in [1.82, 2.24) is 5.32 Å². The van der Waals surface area contributed by atoms with Crippen molar-refractivity contribution < 1.29 is 9.84 Å². The van der Waals surface area contributed by atoms with Gasteiger partial charge in [-0.1, -0.05) is 26.7 Å². The summed E-state index contributed by atoms with van der Waals surface area (Å²) in [5.74, 6) is 1.54. The van der Waals surface area contributed by atoms with Gasteiger partial charge < -0.3 is 15.2 Å². The highest BCUT2D eigenvalue weighted by Gasteiger charge is 2.28. The zero-order valence-electron chi connectivity index (χ0n) is 10.9. The molecule has 2 N–H and O–H groups in total. The van der Waals surface area contributed by atoms with Gasteiger partial charge in [0.15, 0.2) is 0 Å². The van der Waals surface area contributed by atoms with Gasteiger partial charge in [-0.2, -0.15) is 0 Å². The van der Waals surface area contributed by atoms with Crippen molar-refractivity contribution in [2.24, 2.45) is 11.8 Å². The number of aliphatic hydroxyl groups is 1. The highest BCUT2D eigenvalue weighted by atomic mass is 16.5. The van der Waals surface area contributed by atoms with Crippen LogP contribution in [0.15, 0.2) is 0 Å². The van der Waals surface area contributed by atoms with Crippen LogP contribution in [0.25, 0.3) is 0 Å². The van der Waals surface area contributed by atoms with Crippen LogP contribution in [-0.4, -0.2) is 37.5 Å². The van der Waals surface area contributed by atoms with Crippen molar-refractivity contribution in [3.8, 4) is 0 Å². The van der Waals surface area contributed by atoms with Gasteiger partial charge in [0.25, 0.3) is 0 Å². The SMILES string of the molecule is COCC(CCO)NC1CCCC(C)C1C. The molecule has 16 heavy (non-hydrogen) atoms. The summed E-state index contributed by atoms with van der Waals surface area (Å²) in [5, 5.41) is 12.7. The summed E-state index contributed by atoms with van der Waals surface area (Å²) in [6.45, 7) is 5.61. The molecule has 0 bridgehead atoms. The lowest BCUT2D eigenvalue weighted by Gasteiger charge is -2.37. The number of rotatable bonds is 6. The molecule has 0 amide bonds. The van der Waals surface area contributed by atoms with Crippen LogP contribution in [-0.2, 0) is 4.74 Å². The van der Waals surface area contributed by atoms with Gasteiger partial charge >= 0.3 is 0 Å². The molecule has 0 radical (unpaired) electrons. The van der Waals surface area contributed by atoms with Crippen LogP contribution in [0, 0.1) is 11.8 Å². The summed E-state index contributed by atoms with van der Waals surface area (Å²) in [4.78, 5) is 0. The average molecular weight is 229 g/mol. The van der Waals surface area contributed by atoms with Gasteiger partial charge in [-0.25, -0.2) is 0 Å². The van der Waals surface area contributed by atoms with E-state index in [1.807, 2.05) is 0 Å². The Bertz CT molecular complexity index is 181. The quantitative estimate of drug-likeness (QED) is 0.730. The van der Waals surface area contributed by atoms with Crippen LogP contribution < -0.4 is 5.32 Å². The normalized spacial score (nSPS) is 32.6. The van der Waals surface area contributed by atoms with E-state index < -0.39 is 0 Å². The topological polar surface area (TPSA) is 41.5 Å².